The van der Waals surface area contributed by atoms with E-state index in [9.17, 15) is 15.2 Å². The predicted octanol–water partition coefficient (Wildman–Crippen LogP) is 4.90. The Morgan fingerprint density at radius 1 is 1.15 bits per heavy atom. The Hall–Kier alpha value is -1.67. The number of Topliss-reactive ketones (excluding diaryl/α,β-unsaturated/α-hetero) is 1. The van der Waals surface area contributed by atoms with Crippen LogP contribution in [0.3, 0.4) is 0 Å². The van der Waals surface area contributed by atoms with Crippen LogP contribution < -0.4 is 0 Å². The standard InChI is InChI=1S/C28H39N3O2/c1-16-17(13-29)14-30-31(16)15-23(32)25-21-11-20(21)24-19-6-5-18-12-26(2,33)9-10-27(18,3)22(19)7-8-28(24,25)4/h14,18-22,24-25,33H,5-12,15H2,1-4H3/t18-,19-,20-,21+,22+,24-,25-,26-,27+,28+/m1/s1. The highest BCUT2D eigenvalue weighted by Gasteiger charge is 2.71. The molecule has 0 aromatic carbocycles. The number of fused-ring (bicyclic) bond motifs is 7. The van der Waals surface area contributed by atoms with Crippen molar-refractivity contribution in [2.45, 2.75) is 91.2 Å². The third-order valence-electron chi connectivity index (χ3n) is 11.6. The molecule has 5 nitrogen and oxygen atoms in total. The maximum atomic E-state index is 13.7. The first-order chi connectivity index (χ1) is 15.6. The zero-order chi connectivity index (χ0) is 23.3. The van der Waals surface area contributed by atoms with Crippen molar-refractivity contribution in [3.8, 4) is 6.07 Å². The number of rotatable bonds is 3. The zero-order valence-electron chi connectivity index (χ0n) is 20.7. The largest absolute Gasteiger partial charge is 0.390 e. The van der Waals surface area contributed by atoms with Crippen molar-refractivity contribution in [3.63, 3.8) is 0 Å². The third-order valence-corrected chi connectivity index (χ3v) is 11.6. The summed E-state index contributed by atoms with van der Waals surface area (Å²) in [7, 11) is 0. The van der Waals surface area contributed by atoms with Crippen LogP contribution in [0, 0.1) is 70.5 Å². The van der Waals surface area contributed by atoms with Crippen molar-refractivity contribution in [2.24, 2.45) is 52.3 Å². The van der Waals surface area contributed by atoms with Crippen molar-refractivity contribution in [1.82, 2.24) is 9.78 Å². The number of hydrogen-bond acceptors (Lipinski definition) is 4. The van der Waals surface area contributed by atoms with E-state index in [0.717, 1.165) is 42.7 Å². The predicted molar refractivity (Wildman–Crippen MR) is 125 cm³/mol. The molecular weight excluding hydrogens is 410 g/mol. The minimum absolute atomic E-state index is 0.119. The van der Waals surface area contributed by atoms with Crippen LogP contribution in [0.2, 0.25) is 0 Å². The van der Waals surface area contributed by atoms with Gasteiger partial charge in [0.1, 0.15) is 12.6 Å². The Bertz CT molecular complexity index is 1040. The molecule has 1 N–H and O–H groups in total. The second-order valence-corrected chi connectivity index (χ2v) is 13.2. The van der Waals surface area contributed by atoms with Gasteiger partial charge in [-0.1, -0.05) is 13.8 Å². The topological polar surface area (TPSA) is 78.9 Å². The molecule has 178 valence electrons. The summed E-state index contributed by atoms with van der Waals surface area (Å²) in [5.74, 6) is 4.63. The average molecular weight is 450 g/mol. The lowest BCUT2D eigenvalue weighted by Crippen LogP contribution is -2.56. The molecule has 5 aliphatic carbocycles. The maximum absolute atomic E-state index is 13.7. The van der Waals surface area contributed by atoms with Gasteiger partial charge in [-0.25, -0.2) is 0 Å². The molecule has 0 amide bonds. The molecule has 1 aromatic heterocycles. The van der Waals surface area contributed by atoms with E-state index >= 15 is 0 Å². The Balaban J connectivity index is 1.25. The maximum Gasteiger partial charge on any atom is 0.158 e. The van der Waals surface area contributed by atoms with Crippen LogP contribution in [-0.2, 0) is 11.3 Å². The zero-order valence-corrected chi connectivity index (χ0v) is 20.7. The van der Waals surface area contributed by atoms with Gasteiger partial charge >= 0.3 is 0 Å². The van der Waals surface area contributed by atoms with Crippen LogP contribution in [0.4, 0.5) is 0 Å². The first-order valence-corrected chi connectivity index (χ1v) is 13.3. The van der Waals surface area contributed by atoms with Gasteiger partial charge < -0.3 is 5.11 Å². The number of aromatic nitrogens is 2. The van der Waals surface area contributed by atoms with Gasteiger partial charge in [0.05, 0.1) is 23.1 Å². The summed E-state index contributed by atoms with van der Waals surface area (Å²) < 4.78 is 1.75. The van der Waals surface area contributed by atoms with Gasteiger partial charge in [-0.3, -0.25) is 9.48 Å². The summed E-state index contributed by atoms with van der Waals surface area (Å²) in [6, 6.07) is 2.18. The number of carbonyl (C=O) groups is 1. The molecule has 0 unspecified atom stereocenters. The molecular formula is C28H39N3O2. The molecule has 0 radical (unpaired) electrons. The monoisotopic (exact) mass is 449 g/mol. The number of nitrogens with zero attached hydrogens (tertiary/aromatic N) is 3. The van der Waals surface area contributed by atoms with Crippen molar-refractivity contribution >= 4 is 5.78 Å². The van der Waals surface area contributed by atoms with Gasteiger partial charge in [0, 0.05) is 5.92 Å². The molecule has 0 bridgehead atoms. The lowest BCUT2D eigenvalue weighted by atomic mass is 9.43. The molecule has 5 heteroatoms. The summed E-state index contributed by atoms with van der Waals surface area (Å²) >= 11 is 0. The molecule has 0 saturated heterocycles. The Labute approximate surface area is 197 Å². The van der Waals surface area contributed by atoms with Crippen LogP contribution >= 0.6 is 0 Å². The van der Waals surface area contributed by atoms with Crippen molar-refractivity contribution in [3.05, 3.63) is 17.5 Å². The highest BCUT2D eigenvalue weighted by atomic mass is 16.3. The molecule has 33 heavy (non-hydrogen) atoms. The van der Waals surface area contributed by atoms with Crippen LogP contribution in [0.1, 0.15) is 83.4 Å². The minimum Gasteiger partial charge on any atom is -0.390 e. The molecule has 5 saturated carbocycles. The summed E-state index contributed by atoms with van der Waals surface area (Å²) in [4.78, 5) is 13.7. The van der Waals surface area contributed by atoms with Crippen LogP contribution in [0.15, 0.2) is 6.20 Å². The molecule has 1 aromatic rings. The first kappa shape index (κ1) is 21.8. The number of carbonyl (C=O) groups excluding carboxylic acids is 1. The Morgan fingerprint density at radius 2 is 1.94 bits per heavy atom. The number of hydrogen-bond donors (Lipinski definition) is 1. The fraction of sp³-hybridized carbons (Fsp3) is 0.821. The van der Waals surface area contributed by atoms with Crippen LogP contribution in [0.25, 0.3) is 0 Å². The van der Waals surface area contributed by atoms with Gasteiger partial charge in [-0.2, -0.15) is 10.4 Å². The summed E-state index contributed by atoms with van der Waals surface area (Å²) in [6.07, 6.45) is 10.8. The highest BCUT2D eigenvalue weighted by Crippen LogP contribution is 2.76. The minimum atomic E-state index is -0.483. The second-order valence-electron chi connectivity index (χ2n) is 13.2. The van der Waals surface area contributed by atoms with E-state index in [1.807, 2.05) is 13.8 Å². The number of ketones is 1. The smallest absolute Gasteiger partial charge is 0.158 e. The Kier molecular flexibility index (Phi) is 4.59. The summed E-state index contributed by atoms with van der Waals surface area (Å²) in [6.45, 7) is 9.23. The van der Waals surface area contributed by atoms with Gasteiger partial charge in [0.2, 0.25) is 0 Å². The lowest BCUT2D eigenvalue weighted by molar-refractivity contribution is -0.156. The number of nitriles is 1. The molecule has 0 spiro atoms. The van der Waals surface area contributed by atoms with Gasteiger partial charge in [-0.15, -0.1) is 0 Å². The third kappa shape index (κ3) is 2.98. The van der Waals surface area contributed by atoms with Gasteiger partial charge in [0.15, 0.2) is 5.78 Å². The van der Waals surface area contributed by atoms with Gasteiger partial charge in [0.25, 0.3) is 0 Å². The van der Waals surface area contributed by atoms with Crippen molar-refractivity contribution < 1.29 is 9.90 Å². The quantitative estimate of drug-likeness (QED) is 0.712. The number of aliphatic hydroxyl groups is 1. The lowest BCUT2D eigenvalue weighted by Gasteiger charge is -2.62. The molecule has 1 heterocycles. The van der Waals surface area contributed by atoms with E-state index in [1.165, 1.54) is 32.1 Å². The van der Waals surface area contributed by atoms with E-state index in [1.54, 1.807) is 10.9 Å². The van der Waals surface area contributed by atoms with E-state index < -0.39 is 5.60 Å². The average Bonchev–Trinajstić information content (AvgIpc) is 3.35. The molecule has 6 rings (SSSR count). The Morgan fingerprint density at radius 3 is 2.67 bits per heavy atom. The molecule has 5 fully saturated rings. The molecule has 5 aliphatic rings. The normalized spacial score (nSPS) is 49.9. The van der Waals surface area contributed by atoms with E-state index in [2.05, 4.69) is 25.0 Å². The van der Waals surface area contributed by atoms with Crippen LogP contribution in [0.5, 0.6) is 0 Å². The SMILES string of the molecule is Cc1c(C#N)cnn1CC(=O)[C@H]1[C@H]2C[C@H]2[C@H]2[C@@H]3CC[C@@H]4C[C@](C)(O)CC[C@]4(C)[C@H]3CC[C@@]21C. The second kappa shape index (κ2) is 6.94. The van der Waals surface area contributed by atoms with E-state index in [-0.39, 0.29) is 11.3 Å². The molecule has 0 aliphatic heterocycles. The fourth-order valence-corrected chi connectivity index (χ4v) is 9.97. The van der Waals surface area contributed by atoms with E-state index in [4.69, 9.17) is 0 Å². The van der Waals surface area contributed by atoms with E-state index in [0.29, 0.717) is 41.1 Å². The van der Waals surface area contributed by atoms with Gasteiger partial charge in [-0.05, 0) is 112 Å². The van der Waals surface area contributed by atoms with Crippen molar-refractivity contribution in [2.75, 3.05) is 0 Å². The summed E-state index contributed by atoms with van der Waals surface area (Å²) in [5.41, 5.74) is 1.37. The highest BCUT2D eigenvalue weighted by molar-refractivity contribution is 5.83. The first-order valence-electron chi connectivity index (χ1n) is 13.3. The van der Waals surface area contributed by atoms with Crippen LogP contribution in [-0.4, -0.2) is 26.3 Å². The van der Waals surface area contributed by atoms with Crippen molar-refractivity contribution in [1.29, 1.82) is 5.26 Å². The summed E-state index contributed by atoms with van der Waals surface area (Å²) in [5, 5.41) is 24.4. The fourth-order valence-electron chi connectivity index (χ4n) is 9.97. The molecule has 10 atom stereocenters.